The predicted octanol–water partition coefficient (Wildman–Crippen LogP) is 0.705. The molecular formula is C7H17NOZr. The minimum atomic E-state index is -0.594. The summed E-state index contributed by atoms with van der Waals surface area (Å²) in [7, 11) is 3.92. The summed E-state index contributed by atoms with van der Waals surface area (Å²) < 4.78 is 0. The van der Waals surface area contributed by atoms with E-state index in [0.717, 1.165) is 0 Å². The summed E-state index contributed by atoms with van der Waals surface area (Å²) in [5.74, 6) is 0. The molecule has 0 saturated carbocycles. The van der Waals surface area contributed by atoms with Gasteiger partial charge in [-0.05, 0) is 34.9 Å². The van der Waals surface area contributed by atoms with Gasteiger partial charge in [0.2, 0.25) is 0 Å². The molecule has 0 aromatic heterocycles. The molecule has 0 aliphatic carbocycles. The average molecular weight is 222 g/mol. The predicted molar refractivity (Wildman–Crippen MR) is 39.4 cm³/mol. The van der Waals surface area contributed by atoms with Crippen molar-refractivity contribution >= 4 is 0 Å². The third kappa shape index (κ3) is 4.59. The van der Waals surface area contributed by atoms with Gasteiger partial charge in [0.1, 0.15) is 0 Å². The van der Waals surface area contributed by atoms with Gasteiger partial charge < -0.3 is 10.0 Å². The van der Waals surface area contributed by atoms with Gasteiger partial charge >= 0.3 is 0 Å². The van der Waals surface area contributed by atoms with Gasteiger partial charge in [0.05, 0.1) is 5.60 Å². The van der Waals surface area contributed by atoms with E-state index >= 15 is 0 Å². The molecule has 0 rings (SSSR count). The fraction of sp³-hybridized carbons (Fsp3) is 1.00. The van der Waals surface area contributed by atoms with Gasteiger partial charge in [-0.3, -0.25) is 0 Å². The average Bonchev–Trinajstić information content (AvgIpc) is 1.62. The molecule has 2 nitrogen and oxygen atoms in total. The molecule has 1 atom stereocenters. The number of rotatable bonds is 2. The van der Waals surface area contributed by atoms with E-state index in [2.05, 4.69) is 0 Å². The summed E-state index contributed by atoms with van der Waals surface area (Å²) in [6.07, 6.45) is 0. The molecule has 0 aromatic rings. The fourth-order valence-corrected chi connectivity index (χ4v) is 0.632. The molecule has 0 aliphatic heterocycles. The Hall–Kier alpha value is 0.803. The van der Waals surface area contributed by atoms with Crippen LogP contribution in [0.15, 0.2) is 0 Å². The second-order valence-corrected chi connectivity index (χ2v) is 3.29. The van der Waals surface area contributed by atoms with Crippen molar-refractivity contribution in [3.8, 4) is 0 Å². The van der Waals surface area contributed by atoms with Crippen LogP contribution in [-0.4, -0.2) is 35.7 Å². The first-order valence-electron chi connectivity index (χ1n) is 3.24. The van der Waals surface area contributed by atoms with Crippen LogP contribution in [0.2, 0.25) is 0 Å². The van der Waals surface area contributed by atoms with Gasteiger partial charge in [0, 0.05) is 32.2 Å². The van der Waals surface area contributed by atoms with Crippen LogP contribution in [0.4, 0.5) is 0 Å². The van der Waals surface area contributed by atoms with E-state index in [4.69, 9.17) is 0 Å². The van der Waals surface area contributed by atoms with Gasteiger partial charge in [-0.25, -0.2) is 0 Å². The molecular weight excluding hydrogens is 205 g/mol. The van der Waals surface area contributed by atoms with Crippen molar-refractivity contribution in [3.05, 3.63) is 0 Å². The molecule has 0 fully saturated rings. The van der Waals surface area contributed by atoms with E-state index in [1.165, 1.54) is 0 Å². The Morgan fingerprint density at radius 2 is 1.60 bits per heavy atom. The van der Waals surface area contributed by atoms with Gasteiger partial charge in [-0.1, -0.05) is 0 Å². The minimum Gasteiger partial charge on any atom is -0.389 e. The maximum Gasteiger partial charge on any atom is 0.0743 e. The third-order valence-corrected chi connectivity index (χ3v) is 1.80. The van der Waals surface area contributed by atoms with E-state index < -0.39 is 5.60 Å². The second-order valence-electron chi connectivity index (χ2n) is 3.29. The van der Waals surface area contributed by atoms with Crippen LogP contribution in [0.5, 0.6) is 0 Å². The normalized spacial score (nSPS) is 14.7. The maximum absolute atomic E-state index is 9.41. The van der Waals surface area contributed by atoms with Gasteiger partial charge in [0.15, 0.2) is 0 Å². The van der Waals surface area contributed by atoms with Gasteiger partial charge in [-0.2, -0.15) is 0 Å². The summed E-state index contributed by atoms with van der Waals surface area (Å²) >= 11 is 0. The number of aliphatic hydroxyl groups is 1. The standard InChI is InChI=1S/C7H17NO.Zr/c1-6(8(4)5)7(2,3)9;/h6,9H,1-5H3;. The first-order chi connectivity index (χ1) is 3.85. The smallest absolute Gasteiger partial charge is 0.0743 e. The van der Waals surface area contributed by atoms with Gasteiger partial charge in [-0.15, -0.1) is 0 Å². The quantitative estimate of drug-likeness (QED) is 0.744. The fourth-order valence-electron chi connectivity index (χ4n) is 0.632. The topological polar surface area (TPSA) is 23.5 Å². The van der Waals surface area contributed by atoms with E-state index in [1.54, 1.807) is 0 Å². The summed E-state index contributed by atoms with van der Waals surface area (Å²) in [6, 6.07) is 0.206. The Kier molecular flexibility index (Phi) is 6.21. The molecule has 0 spiro atoms. The Labute approximate surface area is 82.7 Å². The summed E-state index contributed by atoms with van der Waals surface area (Å²) in [6.45, 7) is 5.63. The van der Waals surface area contributed by atoms with Crippen molar-refractivity contribution in [2.24, 2.45) is 0 Å². The molecule has 0 aliphatic rings. The molecule has 3 heteroatoms. The molecule has 1 N–H and O–H groups in total. The van der Waals surface area contributed by atoms with E-state index in [-0.39, 0.29) is 32.2 Å². The van der Waals surface area contributed by atoms with Crippen LogP contribution in [0, 0.1) is 0 Å². The van der Waals surface area contributed by atoms with Crippen LogP contribution in [0.3, 0.4) is 0 Å². The molecule has 0 amide bonds. The van der Waals surface area contributed by atoms with E-state index in [9.17, 15) is 5.11 Å². The first-order valence-corrected chi connectivity index (χ1v) is 3.24. The monoisotopic (exact) mass is 221 g/mol. The van der Waals surface area contributed by atoms with Crippen LogP contribution in [0.1, 0.15) is 20.8 Å². The molecule has 0 saturated heterocycles. The number of hydrogen-bond donors (Lipinski definition) is 1. The SMILES string of the molecule is CC(N(C)C)C(C)(C)O.[Zr]. The third-order valence-electron chi connectivity index (χ3n) is 1.80. The molecule has 0 heterocycles. The Morgan fingerprint density at radius 1 is 1.30 bits per heavy atom. The Morgan fingerprint density at radius 3 is 1.60 bits per heavy atom. The van der Waals surface area contributed by atoms with Crippen molar-refractivity contribution in [2.45, 2.75) is 32.4 Å². The van der Waals surface area contributed by atoms with Crippen molar-refractivity contribution in [1.29, 1.82) is 0 Å². The minimum absolute atomic E-state index is 0. The molecule has 0 aromatic carbocycles. The number of nitrogens with zero attached hydrogens (tertiary/aromatic N) is 1. The summed E-state index contributed by atoms with van der Waals surface area (Å²) in [5, 5.41) is 9.41. The van der Waals surface area contributed by atoms with Crippen molar-refractivity contribution in [3.63, 3.8) is 0 Å². The zero-order valence-electron chi connectivity index (χ0n) is 7.47. The summed E-state index contributed by atoms with van der Waals surface area (Å²) in [5.41, 5.74) is -0.594. The molecule has 1 unspecified atom stereocenters. The molecule has 0 bridgehead atoms. The molecule has 10 heavy (non-hydrogen) atoms. The van der Waals surface area contributed by atoms with Gasteiger partial charge in [0.25, 0.3) is 0 Å². The van der Waals surface area contributed by atoms with E-state index in [1.807, 2.05) is 39.8 Å². The summed E-state index contributed by atoms with van der Waals surface area (Å²) in [4.78, 5) is 2.00. The second kappa shape index (κ2) is 4.63. The molecule has 60 valence electrons. The van der Waals surface area contributed by atoms with Crippen LogP contribution in [-0.2, 0) is 26.2 Å². The van der Waals surface area contributed by atoms with Crippen molar-refractivity contribution < 1.29 is 31.3 Å². The van der Waals surface area contributed by atoms with E-state index in [0.29, 0.717) is 0 Å². The number of likely N-dealkylation sites (N-methyl/N-ethyl adjacent to an activating group) is 1. The largest absolute Gasteiger partial charge is 0.389 e. The van der Waals surface area contributed by atoms with Crippen molar-refractivity contribution in [2.75, 3.05) is 14.1 Å². The zero-order valence-corrected chi connectivity index (χ0v) is 9.93. The van der Waals surface area contributed by atoms with Crippen LogP contribution >= 0.6 is 0 Å². The first kappa shape index (κ1) is 13.4. The maximum atomic E-state index is 9.41. The zero-order chi connectivity index (χ0) is 7.65. The Balaban J connectivity index is 0. The van der Waals surface area contributed by atoms with Crippen LogP contribution in [0.25, 0.3) is 0 Å². The van der Waals surface area contributed by atoms with Crippen LogP contribution < -0.4 is 0 Å². The number of hydrogen-bond acceptors (Lipinski definition) is 2. The Bertz CT molecular complexity index is 88.1. The van der Waals surface area contributed by atoms with Crippen molar-refractivity contribution in [1.82, 2.24) is 4.90 Å². The molecule has 0 radical (unpaired) electrons.